The molecule has 6 heteroatoms. The van der Waals surface area contributed by atoms with Crippen molar-refractivity contribution >= 4 is 11.6 Å². The Morgan fingerprint density at radius 3 is 2.62 bits per heavy atom. The zero-order valence-electron chi connectivity index (χ0n) is 15.2. The molecular weight excluding hydrogens is 350 g/mol. The summed E-state index contributed by atoms with van der Waals surface area (Å²) in [6.45, 7) is 6.24. The van der Waals surface area contributed by atoms with Gasteiger partial charge in [-0.05, 0) is 48.6 Å². The molecular formula is C20H22ClN3O2. The first-order valence-electron chi connectivity index (χ1n) is 8.74. The van der Waals surface area contributed by atoms with Crippen LogP contribution in [0.15, 0.2) is 34.9 Å². The van der Waals surface area contributed by atoms with Crippen molar-refractivity contribution in [2.24, 2.45) is 5.92 Å². The van der Waals surface area contributed by atoms with E-state index in [1.165, 1.54) is 0 Å². The molecule has 2 aromatic heterocycles. The molecule has 3 rings (SSSR count). The SMILES string of the molecule is CCc1nc(CO)ccc1-c1noc(-c2ccc(CC(C)C)c(Cl)c2)n1. The molecule has 0 saturated carbocycles. The first kappa shape index (κ1) is 18.5. The topological polar surface area (TPSA) is 72.0 Å². The van der Waals surface area contributed by atoms with Crippen molar-refractivity contribution in [3.63, 3.8) is 0 Å². The number of hydrogen-bond donors (Lipinski definition) is 1. The predicted molar refractivity (Wildman–Crippen MR) is 102 cm³/mol. The highest BCUT2D eigenvalue weighted by molar-refractivity contribution is 6.31. The minimum atomic E-state index is -0.0913. The lowest BCUT2D eigenvalue weighted by Gasteiger charge is -2.07. The Balaban J connectivity index is 1.92. The van der Waals surface area contributed by atoms with Gasteiger partial charge in [-0.3, -0.25) is 4.98 Å². The van der Waals surface area contributed by atoms with E-state index >= 15 is 0 Å². The Bertz CT molecular complexity index is 906. The summed E-state index contributed by atoms with van der Waals surface area (Å²) in [6.07, 6.45) is 1.64. The van der Waals surface area contributed by atoms with Gasteiger partial charge in [0.2, 0.25) is 5.82 Å². The van der Waals surface area contributed by atoms with E-state index in [-0.39, 0.29) is 6.61 Å². The second-order valence-corrected chi connectivity index (χ2v) is 7.04. The van der Waals surface area contributed by atoms with Gasteiger partial charge in [0.15, 0.2) is 0 Å². The van der Waals surface area contributed by atoms with Crippen LogP contribution in [-0.4, -0.2) is 20.2 Å². The number of benzene rings is 1. The van der Waals surface area contributed by atoms with Crippen LogP contribution in [0.3, 0.4) is 0 Å². The monoisotopic (exact) mass is 371 g/mol. The molecule has 0 amide bonds. The Hall–Kier alpha value is -2.24. The summed E-state index contributed by atoms with van der Waals surface area (Å²) in [5.41, 5.74) is 4.17. The maximum Gasteiger partial charge on any atom is 0.258 e. The highest BCUT2D eigenvalue weighted by Gasteiger charge is 2.16. The highest BCUT2D eigenvalue weighted by Crippen LogP contribution is 2.28. The standard InChI is InChI=1S/C20H22ClN3O2/c1-4-18-16(8-7-15(11-25)22-18)19-23-20(26-24-19)14-6-5-13(9-12(2)3)17(21)10-14/h5-8,10,12,25H,4,9,11H2,1-3H3. The van der Waals surface area contributed by atoms with E-state index in [2.05, 4.69) is 29.0 Å². The molecule has 0 unspecified atom stereocenters. The van der Waals surface area contributed by atoms with Crippen LogP contribution in [-0.2, 0) is 19.4 Å². The van der Waals surface area contributed by atoms with Crippen molar-refractivity contribution in [1.82, 2.24) is 15.1 Å². The van der Waals surface area contributed by atoms with Crippen LogP contribution in [0.4, 0.5) is 0 Å². The van der Waals surface area contributed by atoms with Crippen LogP contribution in [0, 0.1) is 5.92 Å². The van der Waals surface area contributed by atoms with Crippen LogP contribution in [0.5, 0.6) is 0 Å². The summed E-state index contributed by atoms with van der Waals surface area (Å²) in [5, 5.41) is 14.1. The van der Waals surface area contributed by atoms with E-state index in [1.807, 2.05) is 31.2 Å². The molecule has 0 aliphatic heterocycles. The minimum absolute atomic E-state index is 0.0913. The molecule has 5 nitrogen and oxygen atoms in total. The first-order valence-corrected chi connectivity index (χ1v) is 9.12. The smallest absolute Gasteiger partial charge is 0.258 e. The van der Waals surface area contributed by atoms with Gasteiger partial charge in [0.1, 0.15) is 0 Å². The Morgan fingerprint density at radius 1 is 1.15 bits per heavy atom. The van der Waals surface area contributed by atoms with Gasteiger partial charge in [0.05, 0.1) is 18.0 Å². The fourth-order valence-corrected chi connectivity index (χ4v) is 3.10. The maximum absolute atomic E-state index is 9.25. The molecule has 2 heterocycles. The van der Waals surface area contributed by atoms with Crippen LogP contribution < -0.4 is 0 Å². The van der Waals surface area contributed by atoms with E-state index in [1.54, 1.807) is 6.07 Å². The molecule has 0 bridgehead atoms. The van der Waals surface area contributed by atoms with E-state index < -0.39 is 0 Å². The Labute approximate surface area is 158 Å². The van der Waals surface area contributed by atoms with Crippen LogP contribution >= 0.6 is 11.6 Å². The van der Waals surface area contributed by atoms with Crippen molar-refractivity contribution in [2.45, 2.75) is 40.2 Å². The molecule has 0 atom stereocenters. The maximum atomic E-state index is 9.25. The fraction of sp³-hybridized carbons (Fsp3) is 0.350. The summed E-state index contributed by atoms with van der Waals surface area (Å²) in [6, 6.07) is 9.46. The lowest BCUT2D eigenvalue weighted by Crippen LogP contribution is -1.98. The number of halogens is 1. The van der Waals surface area contributed by atoms with Crippen molar-refractivity contribution < 1.29 is 9.63 Å². The molecule has 0 radical (unpaired) electrons. The average molecular weight is 372 g/mol. The molecule has 0 aliphatic rings. The Morgan fingerprint density at radius 2 is 1.96 bits per heavy atom. The van der Waals surface area contributed by atoms with Gasteiger partial charge in [-0.1, -0.05) is 43.6 Å². The molecule has 0 saturated heterocycles. The van der Waals surface area contributed by atoms with Crippen molar-refractivity contribution in [3.05, 3.63) is 52.3 Å². The molecule has 0 spiro atoms. The first-order chi connectivity index (χ1) is 12.5. The zero-order chi connectivity index (χ0) is 18.7. The lowest BCUT2D eigenvalue weighted by atomic mass is 10.0. The highest BCUT2D eigenvalue weighted by atomic mass is 35.5. The van der Waals surface area contributed by atoms with Crippen LogP contribution in [0.25, 0.3) is 22.8 Å². The number of aromatic nitrogens is 3. The van der Waals surface area contributed by atoms with Gasteiger partial charge >= 0.3 is 0 Å². The minimum Gasteiger partial charge on any atom is -0.390 e. The van der Waals surface area contributed by atoms with Crippen LogP contribution in [0.2, 0.25) is 5.02 Å². The summed E-state index contributed by atoms with van der Waals surface area (Å²) in [7, 11) is 0. The summed E-state index contributed by atoms with van der Waals surface area (Å²) >= 11 is 6.40. The second kappa shape index (κ2) is 7.98. The number of nitrogens with zero attached hydrogens (tertiary/aromatic N) is 3. The third-order valence-electron chi connectivity index (χ3n) is 4.12. The van der Waals surface area contributed by atoms with Gasteiger partial charge in [-0.25, -0.2) is 0 Å². The van der Waals surface area contributed by atoms with Crippen LogP contribution in [0.1, 0.15) is 37.7 Å². The number of pyridine rings is 1. The van der Waals surface area contributed by atoms with Gasteiger partial charge in [-0.15, -0.1) is 0 Å². The lowest BCUT2D eigenvalue weighted by molar-refractivity contribution is 0.276. The number of rotatable bonds is 6. The summed E-state index contributed by atoms with van der Waals surface area (Å²) in [5.74, 6) is 1.44. The fourth-order valence-electron chi connectivity index (χ4n) is 2.84. The molecule has 136 valence electrons. The summed E-state index contributed by atoms with van der Waals surface area (Å²) < 4.78 is 5.44. The third-order valence-corrected chi connectivity index (χ3v) is 4.48. The van der Waals surface area contributed by atoms with Gasteiger partial charge in [-0.2, -0.15) is 4.98 Å². The molecule has 1 N–H and O–H groups in total. The van der Waals surface area contributed by atoms with Gasteiger partial charge in [0.25, 0.3) is 5.89 Å². The second-order valence-electron chi connectivity index (χ2n) is 6.64. The number of hydrogen-bond acceptors (Lipinski definition) is 5. The average Bonchev–Trinajstić information content (AvgIpc) is 3.12. The van der Waals surface area contributed by atoms with E-state index in [4.69, 9.17) is 16.1 Å². The largest absolute Gasteiger partial charge is 0.390 e. The van der Waals surface area contributed by atoms with Gasteiger partial charge < -0.3 is 9.63 Å². The normalized spacial score (nSPS) is 11.3. The molecule has 0 aliphatic carbocycles. The van der Waals surface area contributed by atoms with Crippen molar-refractivity contribution in [3.8, 4) is 22.8 Å². The quantitative estimate of drug-likeness (QED) is 0.679. The summed E-state index contributed by atoms with van der Waals surface area (Å²) in [4.78, 5) is 8.94. The van der Waals surface area contributed by atoms with Crippen molar-refractivity contribution in [2.75, 3.05) is 0 Å². The molecule has 0 fully saturated rings. The van der Waals surface area contributed by atoms with Crippen molar-refractivity contribution in [1.29, 1.82) is 0 Å². The third kappa shape index (κ3) is 3.94. The zero-order valence-corrected chi connectivity index (χ0v) is 15.9. The van der Waals surface area contributed by atoms with Gasteiger partial charge in [0, 0.05) is 16.1 Å². The van der Waals surface area contributed by atoms with E-state index in [0.717, 1.165) is 28.8 Å². The van der Waals surface area contributed by atoms with E-state index in [0.29, 0.717) is 34.8 Å². The molecule has 3 aromatic rings. The van der Waals surface area contributed by atoms with E-state index in [9.17, 15) is 5.11 Å². The molecule has 26 heavy (non-hydrogen) atoms. The number of aryl methyl sites for hydroxylation is 1. The Kier molecular flexibility index (Phi) is 5.69. The number of aliphatic hydroxyl groups is 1. The molecule has 1 aromatic carbocycles. The number of aliphatic hydroxyl groups excluding tert-OH is 1. The predicted octanol–water partition coefficient (Wildman–Crippen LogP) is 4.71.